The van der Waals surface area contributed by atoms with Crippen LogP contribution in [0.4, 0.5) is 4.79 Å². The number of likely N-dealkylation sites (tertiary alicyclic amines) is 1. The van der Waals surface area contributed by atoms with E-state index in [1.807, 2.05) is 12.1 Å². The number of piperidine rings is 1. The number of methoxy groups -OCH3 is 1. The van der Waals surface area contributed by atoms with Crippen molar-refractivity contribution in [1.82, 2.24) is 14.7 Å². The summed E-state index contributed by atoms with van der Waals surface area (Å²) in [5, 5.41) is 0. The van der Waals surface area contributed by atoms with Crippen LogP contribution in [0.15, 0.2) is 24.3 Å². The topological polar surface area (TPSA) is 36.0 Å². The van der Waals surface area contributed by atoms with Crippen LogP contribution in [0, 0.1) is 5.41 Å². The van der Waals surface area contributed by atoms with Gasteiger partial charge >= 0.3 is 6.03 Å². The molecule has 2 amide bonds. The maximum Gasteiger partial charge on any atom is 0.320 e. The molecular weight excluding hydrogens is 314 g/mol. The Morgan fingerprint density at radius 3 is 2.40 bits per heavy atom. The molecule has 2 aliphatic heterocycles. The average molecular weight is 343 g/mol. The predicted octanol–water partition coefficient (Wildman–Crippen LogP) is 2.81. The van der Waals surface area contributed by atoms with E-state index in [-0.39, 0.29) is 6.03 Å². The zero-order chi connectivity index (χ0) is 17.4. The van der Waals surface area contributed by atoms with Crippen molar-refractivity contribution in [2.75, 3.05) is 40.3 Å². The minimum Gasteiger partial charge on any atom is -0.497 e. The highest BCUT2D eigenvalue weighted by atomic mass is 16.5. The van der Waals surface area contributed by atoms with Gasteiger partial charge in [-0.05, 0) is 63.5 Å². The van der Waals surface area contributed by atoms with E-state index in [2.05, 4.69) is 33.9 Å². The molecule has 0 unspecified atom stereocenters. The van der Waals surface area contributed by atoms with Crippen LogP contribution in [0.3, 0.4) is 0 Å². The Balaban J connectivity index is 1.48. The Labute approximate surface area is 150 Å². The lowest BCUT2D eigenvalue weighted by Crippen LogP contribution is -2.58. The van der Waals surface area contributed by atoms with Crippen molar-refractivity contribution in [1.29, 1.82) is 0 Å². The van der Waals surface area contributed by atoms with Crippen molar-refractivity contribution < 1.29 is 9.53 Å². The third kappa shape index (κ3) is 3.47. The summed E-state index contributed by atoms with van der Waals surface area (Å²) in [5.41, 5.74) is 1.54. The van der Waals surface area contributed by atoms with Gasteiger partial charge in [-0.3, -0.25) is 0 Å². The van der Waals surface area contributed by atoms with Crippen LogP contribution in [-0.2, 0) is 6.54 Å². The van der Waals surface area contributed by atoms with Crippen LogP contribution in [0.2, 0.25) is 0 Å². The molecule has 0 aromatic heterocycles. The molecule has 3 fully saturated rings. The van der Waals surface area contributed by atoms with Crippen LogP contribution < -0.4 is 4.74 Å². The van der Waals surface area contributed by atoms with Gasteiger partial charge in [-0.15, -0.1) is 0 Å². The number of benzene rings is 1. The molecule has 5 heteroatoms. The summed E-state index contributed by atoms with van der Waals surface area (Å²) in [7, 11) is 3.85. The van der Waals surface area contributed by atoms with Crippen molar-refractivity contribution >= 4 is 6.03 Å². The standard InChI is InChI=1S/C20H29N3O2/c1-21-11-7-17(8-12-21)23-15-20(9-10-20)14-22(19(23)24)13-16-3-5-18(25-2)6-4-16/h3-6,17H,7-15H2,1-2H3. The van der Waals surface area contributed by atoms with E-state index in [9.17, 15) is 4.79 Å². The number of nitrogens with zero attached hydrogens (tertiary/aromatic N) is 3. The third-order valence-electron chi connectivity index (χ3n) is 6.17. The second-order valence-electron chi connectivity index (χ2n) is 8.15. The first-order chi connectivity index (χ1) is 12.1. The first kappa shape index (κ1) is 16.7. The molecule has 2 heterocycles. The summed E-state index contributed by atoms with van der Waals surface area (Å²) in [6.07, 6.45) is 4.74. The summed E-state index contributed by atoms with van der Waals surface area (Å²) in [4.78, 5) is 19.8. The molecular formula is C20H29N3O2. The fraction of sp³-hybridized carbons (Fsp3) is 0.650. The monoisotopic (exact) mass is 343 g/mol. The average Bonchev–Trinajstić information content (AvgIpc) is 3.38. The van der Waals surface area contributed by atoms with E-state index in [0.717, 1.165) is 44.8 Å². The smallest absolute Gasteiger partial charge is 0.320 e. The first-order valence-electron chi connectivity index (χ1n) is 9.46. The summed E-state index contributed by atoms with van der Waals surface area (Å²) >= 11 is 0. The molecule has 0 bridgehead atoms. The lowest BCUT2D eigenvalue weighted by molar-refractivity contribution is 0.0521. The maximum atomic E-state index is 13.2. The maximum absolute atomic E-state index is 13.2. The van der Waals surface area contributed by atoms with Gasteiger partial charge in [-0.1, -0.05) is 12.1 Å². The SMILES string of the molecule is COc1ccc(CN2CC3(CC3)CN(C3CCN(C)CC3)C2=O)cc1. The lowest BCUT2D eigenvalue weighted by Gasteiger charge is -2.46. The zero-order valence-electron chi connectivity index (χ0n) is 15.4. The summed E-state index contributed by atoms with van der Waals surface area (Å²) in [6.45, 7) is 4.79. The molecule has 0 atom stereocenters. The molecule has 0 N–H and O–H groups in total. The van der Waals surface area contributed by atoms with Crippen LogP contribution in [0.25, 0.3) is 0 Å². The van der Waals surface area contributed by atoms with E-state index < -0.39 is 0 Å². The summed E-state index contributed by atoms with van der Waals surface area (Å²) in [6, 6.07) is 8.75. The number of rotatable bonds is 4. The van der Waals surface area contributed by atoms with Gasteiger partial charge in [0, 0.05) is 31.1 Å². The molecule has 136 valence electrons. The van der Waals surface area contributed by atoms with Crippen LogP contribution in [-0.4, -0.2) is 67.1 Å². The fourth-order valence-corrected chi connectivity index (χ4v) is 4.29. The predicted molar refractivity (Wildman–Crippen MR) is 97.7 cm³/mol. The van der Waals surface area contributed by atoms with E-state index in [0.29, 0.717) is 18.0 Å². The van der Waals surface area contributed by atoms with Gasteiger partial charge in [0.15, 0.2) is 0 Å². The minimum absolute atomic E-state index is 0.239. The highest BCUT2D eigenvalue weighted by Crippen LogP contribution is 2.50. The third-order valence-corrected chi connectivity index (χ3v) is 6.17. The number of carbonyl (C=O) groups is 1. The van der Waals surface area contributed by atoms with Gasteiger partial charge in [0.2, 0.25) is 0 Å². The van der Waals surface area contributed by atoms with Crippen molar-refractivity contribution in [3.8, 4) is 5.75 Å². The van der Waals surface area contributed by atoms with Gasteiger partial charge in [-0.25, -0.2) is 4.79 Å². The number of carbonyl (C=O) groups excluding carboxylic acids is 1. The Hall–Kier alpha value is -1.75. The molecule has 1 spiro atoms. The molecule has 1 saturated carbocycles. The van der Waals surface area contributed by atoms with Crippen molar-refractivity contribution in [3.63, 3.8) is 0 Å². The second-order valence-corrected chi connectivity index (χ2v) is 8.15. The molecule has 2 saturated heterocycles. The number of ether oxygens (including phenoxy) is 1. The van der Waals surface area contributed by atoms with Crippen LogP contribution in [0.5, 0.6) is 5.75 Å². The van der Waals surface area contributed by atoms with Gasteiger partial charge in [-0.2, -0.15) is 0 Å². The summed E-state index contributed by atoms with van der Waals surface area (Å²) < 4.78 is 5.24. The number of hydrogen-bond acceptors (Lipinski definition) is 3. The first-order valence-corrected chi connectivity index (χ1v) is 9.46. The minimum atomic E-state index is 0.239. The molecule has 3 aliphatic rings. The van der Waals surface area contributed by atoms with Gasteiger partial charge < -0.3 is 19.4 Å². The summed E-state index contributed by atoms with van der Waals surface area (Å²) in [5.74, 6) is 0.861. The quantitative estimate of drug-likeness (QED) is 0.843. The van der Waals surface area contributed by atoms with Gasteiger partial charge in [0.05, 0.1) is 7.11 Å². The molecule has 1 aliphatic carbocycles. The van der Waals surface area contributed by atoms with Crippen LogP contribution >= 0.6 is 0 Å². The highest BCUT2D eigenvalue weighted by molar-refractivity contribution is 5.76. The molecule has 4 rings (SSSR count). The second kappa shape index (κ2) is 6.52. The molecule has 5 nitrogen and oxygen atoms in total. The Morgan fingerprint density at radius 2 is 1.80 bits per heavy atom. The molecule has 25 heavy (non-hydrogen) atoms. The Bertz CT molecular complexity index is 618. The lowest BCUT2D eigenvalue weighted by atomic mass is 9.97. The number of urea groups is 1. The van der Waals surface area contributed by atoms with Gasteiger partial charge in [0.1, 0.15) is 5.75 Å². The van der Waals surface area contributed by atoms with Gasteiger partial charge in [0.25, 0.3) is 0 Å². The van der Waals surface area contributed by atoms with E-state index in [1.165, 1.54) is 18.4 Å². The zero-order valence-corrected chi connectivity index (χ0v) is 15.4. The Kier molecular flexibility index (Phi) is 4.36. The van der Waals surface area contributed by atoms with E-state index >= 15 is 0 Å². The largest absolute Gasteiger partial charge is 0.497 e. The van der Waals surface area contributed by atoms with E-state index in [1.54, 1.807) is 7.11 Å². The van der Waals surface area contributed by atoms with Crippen molar-refractivity contribution in [2.45, 2.75) is 38.3 Å². The fourth-order valence-electron chi connectivity index (χ4n) is 4.29. The molecule has 1 aromatic carbocycles. The van der Waals surface area contributed by atoms with Crippen molar-refractivity contribution in [3.05, 3.63) is 29.8 Å². The van der Waals surface area contributed by atoms with Crippen LogP contribution in [0.1, 0.15) is 31.2 Å². The molecule has 1 aromatic rings. The molecule has 0 radical (unpaired) electrons. The normalized spacial score (nSPS) is 24.0. The Morgan fingerprint density at radius 1 is 1.12 bits per heavy atom. The number of hydrogen-bond donors (Lipinski definition) is 0. The highest BCUT2D eigenvalue weighted by Gasteiger charge is 2.51. The van der Waals surface area contributed by atoms with Crippen molar-refractivity contribution in [2.24, 2.45) is 5.41 Å². The number of amides is 2. The van der Waals surface area contributed by atoms with E-state index in [4.69, 9.17) is 4.74 Å².